The number of hydrogen-bond acceptors (Lipinski definition) is 5. The number of nitrogens with zero attached hydrogens (tertiary/aromatic N) is 3. The molecule has 0 aliphatic carbocycles. The smallest absolute Gasteiger partial charge is 0.145 e. The van der Waals surface area contributed by atoms with Gasteiger partial charge < -0.3 is 11.1 Å². The predicted octanol–water partition coefficient (Wildman–Crippen LogP) is 1.43. The molecule has 6 heteroatoms. The van der Waals surface area contributed by atoms with E-state index in [1.54, 1.807) is 0 Å². The molecule has 0 radical (unpaired) electrons. The summed E-state index contributed by atoms with van der Waals surface area (Å²) >= 11 is 0. The molecule has 1 unspecified atom stereocenters. The summed E-state index contributed by atoms with van der Waals surface area (Å²) in [5.41, 5.74) is 6.94. The lowest BCUT2D eigenvalue weighted by Crippen LogP contribution is -2.49. The molecule has 2 aromatic rings. The van der Waals surface area contributed by atoms with Crippen molar-refractivity contribution in [2.45, 2.75) is 19.5 Å². The zero-order chi connectivity index (χ0) is 13.2. The minimum Gasteiger partial charge on any atom is -0.383 e. The molecule has 1 atom stereocenters. The van der Waals surface area contributed by atoms with Gasteiger partial charge in [-0.15, -0.1) is 12.4 Å². The number of anilines is 1. The normalized spacial score (nSPS) is 19.8. The number of aromatic nitrogens is 2. The molecular formula is C14H20ClN5. The Bertz CT molecular complexity index is 589. The molecule has 5 nitrogen and oxygen atoms in total. The molecule has 2 heterocycles. The minimum absolute atomic E-state index is 0. The second-order valence-electron chi connectivity index (χ2n) is 5.07. The summed E-state index contributed by atoms with van der Waals surface area (Å²) in [5, 5.41) is 4.31. The number of halogens is 1. The largest absolute Gasteiger partial charge is 0.383 e. The predicted molar refractivity (Wildman–Crippen MR) is 83.9 cm³/mol. The molecule has 1 aromatic heterocycles. The van der Waals surface area contributed by atoms with E-state index < -0.39 is 0 Å². The topological polar surface area (TPSA) is 67.1 Å². The maximum Gasteiger partial charge on any atom is 0.145 e. The molecule has 1 fully saturated rings. The Kier molecular flexibility index (Phi) is 4.75. The summed E-state index contributed by atoms with van der Waals surface area (Å²) in [6.45, 7) is 6.04. The Morgan fingerprint density at radius 1 is 1.35 bits per heavy atom. The van der Waals surface area contributed by atoms with E-state index in [0.717, 1.165) is 42.9 Å². The molecule has 0 bridgehead atoms. The van der Waals surface area contributed by atoms with Gasteiger partial charge in [0.25, 0.3) is 0 Å². The Balaban J connectivity index is 0.00000147. The van der Waals surface area contributed by atoms with Crippen LogP contribution in [0.2, 0.25) is 0 Å². The van der Waals surface area contributed by atoms with Crippen molar-refractivity contribution in [1.82, 2.24) is 20.2 Å². The lowest BCUT2D eigenvalue weighted by molar-refractivity contribution is 0.162. The van der Waals surface area contributed by atoms with Crippen LogP contribution in [0, 0.1) is 0 Å². The average molecular weight is 294 g/mol. The van der Waals surface area contributed by atoms with Crippen molar-refractivity contribution in [2.24, 2.45) is 0 Å². The Hall–Kier alpha value is -1.43. The maximum atomic E-state index is 6.01. The number of hydrogen-bond donors (Lipinski definition) is 2. The first-order valence-electron chi connectivity index (χ1n) is 6.70. The van der Waals surface area contributed by atoms with Gasteiger partial charge in [0, 0.05) is 31.1 Å². The van der Waals surface area contributed by atoms with Crippen molar-refractivity contribution < 1.29 is 0 Å². The van der Waals surface area contributed by atoms with Crippen molar-refractivity contribution >= 4 is 29.1 Å². The van der Waals surface area contributed by atoms with E-state index in [-0.39, 0.29) is 12.4 Å². The fourth-order valence-corrected chi connectivity index (χ4v) is 2.52. The quantitative estimate of drug-likeness (QED) is 0.877. The summed E-state index contributed by atoms with van der Waals surface area (Å²) in [6, 6.07) is 8.39. The van der Waals surface area contributed by atoms with Crippen LogP contribution in [0.3, 0.4) is 0 Å². The maximum absolute atomic E-state index is 6.01. The first kappa shape index (κ1) is 15.0. The molecular weight excluding hydrogens is 274 g/mol. The highest BCUT2D eigenvalue weighted by Gasteiger charge is 2.19. The van der Waals surface area contributed by atoms with Gasteiger partial charge in [-0.25, -0.2) is 9.97 Å². The number of nitrogens with two attached hydrogens (primary N) is 1. The molecule has 0 spiro atoms. The van der Waals surface area contributed by atoms with E-state index in [1.807, 2.05) is 24.3 Å². The molecule has 3 N–H and O–H groups in total. The molecule has 0 amide bonds. The van der Waals surface area contributed by atoms with Gasteiger partial charge in [0.2, 0.25) is 0 Å². The van der Waals surface area contributed by atoms with E-state index in [1.165, 1.54) is 0 Å². The summed E-state index contributed by atoms with van der Waals surface area (Å²) < 4.78 is 0. The van der Waals surface area contributed by atoms with E-state index in [4.69, 9.17) is 5.73 Å². The zero-order valence-corrected chi connectivity index (χ0v) is 12.4. The van der Waals surface area contributed by atoms with Crippen molar-refractivity contribution in [1.29, 1.82) is 0 Å². The van der Waals surface area contributed by atoms with E-state index in [2.05, 4.69) is 27.1 Å². The van der Waals surface area contributed by atoms with Crippen molar-refractivity contribution in [2.75, 3.05) is 25.4 Å². The first-order valence-corrected chi connectivity index (χ1v) is 6.70. The number of nitrogens with one attached hydrogen (secondary N) is 1. The molecule has 20 heavy (non-hydrogen) atoms. The number of rotatable bonds is 2. The minimum atomic E-state index is 0. The van der Waals surface area contributed by atoms with E-state index in [9.17, 15) is 0 Å². The molecule has 108 valence electrons. The number of piperazine rings is 1. The van der Waals surface area contributed by atoms with Gasteiger partial charge in [-0.1, -0.05) is 12.1 Å². The van der Waals surface area contributed by atoms with Gasteiger partial charge in [0.1, 0.15) is 11.6 Å². The fourth-order valence-electron chi connectivity index (χ4n) is 2.52. The molecule has 1 aliphatic rings. The Morgan fingerprint density at radius 3 is 2.95 bits per heavy atom. The number of nitrogen functional groups attached to an aromatic ring is 1. The van der Waals surface area contributed by atoms with Crippen LogP contribution in [0.4, 0.5) is 5.82 Å². The van der Waals surface area contributed by atoms with Gasteiger partial charge in [0.05, 0.1) is 12.1 Å². The zero-order valence-electron chi connectivity index (χ0n) is 11.5. The van der Waals surface area contributed by atoms with Gasteiger partial charge in [-0.05, 0) is 19.1 Å². The lowest BCUT2D eigenvalue weighted by Gasteiger charge is -2.33. The van der Waals surface area contributed by atoms with Gasteiger partial charge in [-0.3, -0.25) is 4.90 Å². The van der Waals surface area contributed by atoms with Crippen LogP contribution in [0.25, 0.3) is 10.9 Å². The summed E-state index contributed by atoms with van der Waals surface area (Å²) in [6.07, 6.45) is 0. The van der Waals surface area contributed by atoms with Crippen molar-refractivity contribution in [3.05, 3.63) is 30.1 Å². The SMILES string of the molecule is CC1CNCCN1Cc1nc(N)c2ccccc2n1.Cl. The van der Waals surface area contributed by atoms with Crippen LogP contribution >= 0.6 is 12.4 Å². The third-order valence-electron chi connectivity index (χ3n) is 3.66. The monoisotopic (exact) mass is 293 g/mol. The van der Waals surface area contributed by atoms with E-state index in [0.29, 0.717) is 11.9 Å². The lowest BCUT2D eigenvalue weighted by atomic mass is 10.2. The highest BCUT2D eigenvalue weighted by molar-refractivity contribution is 5.87. The van der Waals surface area contributed by atoms with Crippen LogP contribution in [0.1, 0.15) is 12.7 Å². The average Bonchev–Trinajstić information content (AvgIpc) is 2.42. The van der Waals surface area contributed by atoms with Crippen LogP contribution in [-0.2, 0) is 6.54 Å². The highest BCUT2D eigenvalue weighted by atomic mass is 35.5. The molecule has 3 rings (SSSR count). The molecule has 1 aliphatic heterocycles. The Labute approximate surface area is 125 Å². The molecule has 0 saturated carbocycles. The molecule has 1 aromatic carbocycles. The third-order valence-corrected chi connectivity index (χ3v) is 3.66. The van der Waals surface area contributed by atoms with Crippen LogP contribution in [0.5, 0.6) is 0 Å². The third kappa shape index (κ3) is 3.00. The van der Waals surface area contributed by atoms with Crippen LogP contribution in [-0.4, -0.2) is 40.5 Å². The summed E-state index contributed by atoms with van der Waals surface area (Å²) in [5.74, 6) is 1.38. The molecule has 1 saturated heterocycles. The summed E-state index contributed by atoms with van der Waals surface area (Å²) in [4.78, 5) is 11.4. The van der Waals surface area contributed by atoms with Crippen molar-refractivity contribution in [3.8, 4) is 0 Å². The second kappa shape index (κ2) is 6.35. The fraction of sp³-hybridized carbons (Fsp3) is 0.429. The summed E-state index contributed by atoms with van der Waals surface area (Å²) in [7, 11) is 0. The van der Waals surface area contributed by atoms with E-state index >= 15 is 0 Å². The standard InChI is InChI=1S/C14H19N5.ClH/c1-10-8-16-6-7-19(10)9-13-17-12-5-3-2-4-11(12)14(15)18-13;/h2-5,10,16H,6-9H2,1H3,(H2,15,17,18);1H. The first-order chi connectivity index (χ1) is 9.24. The van der Waals surface area contributed by atoms with Gasteiger partial charge >= 0.3 is 0 Å². The number of para-hydroxylation sites is 1. The van der Waals surface area contributed by atoms with Gasteiger partial charge in [0.15, 0.2) is 0 Å². The highest BCUT2D eigenvalue weighted by Crippen LogP contribution is 2.18. The number of benzene rings is 1. The second-order valence-corrected chi connectivity index (χ2v) is 5.07. The van der Waals surface area contributed by atoms with Crippen LogP contribution in [0.15, 0.2) is 24.3 Å². The van der Waals surface area contributed by atoms with Gasteiger partial charge in [-0.2, -0.15) is 0 Å². The van der Waals surface area contributed by atoms with Crippen LogP contribution < -0.4 is 11.1 Å². The number of fused-ring (bicyclic) bond motifs is 1. The Morgan fingerprint density at radius 2 is 2.15 bits per heavy atom. The van der Waals surface area contributed by atoms with Crippen molar-refractivity contribution in [3.63, 3.8) is 0 Å².